The van der Waals surface area contributed by atoms with Crippen LogP contribution in [-0.2, 0) is 27.7 Å². The molecule has 0 atom stereocenters. The minimum absolute atomic E-state index is 0.138. The van der Waals surface area contributed by atoms with Gasteiger partial charge in [-0.05, 0) is 78.7 Å². The summed E-state index contributed by atoms with van der Waals surface area (Å²) in [6.45, 7) is 1.55. The largest absolute Gasteiger partial charge is 0.324 e. The van der Waals surface area contributed by atoms with Gasteiger partial charge in [0.05, 0.1) is 10.6 Å². The van der Waals surface area contributed by atoms with Crippen LogP contribution in [0.5, 0.6) is 0 Å². The molecule has 0 saturated carbocycles. The Hall–Kier alpha value is -3.16. The van der Waals surface area contributed by atoms with E-state index >= 15 is 0 Å². The minimum atomic E-state index is -3.96. The van der Waals surface area contributed by atoms with Crippen molar-refractivity contribution in [2.24, 2.45) is 0 Å². The fraction of sp³-hybridized carbons (Fsp3) is 0.148. The van der Waals surface area contributed by atoms with Gasteiger partial charge >= 0.3 is 0 Å². The summed E-state index contributed by atoms with van der Waals surface area (Å²) >= 11 is 3.39. The summed E-state index contributed by atoms with van der Waals surface area (Å²) in [4.78, 5) is 13.3. The number of rotatable bonds is 6. The molecule has 0 unspecified atom stereocenters. The average Bonchev–Trinajstić information content (AvgIpc) is 3.25. The number of hydrogen-bond acceptors (Lipinski definition) is 3. The monoisotopic (exact) mass is 534 g/mol. The van der Waals surface area contributed by atoms with E-state index in [4.69, 9.17) is 0 Å². The number of nitrogens with zero attached hydrogens (tertiary/aromatic N) is 1. The van der Waals surface area contributed by atoms with Crippen LogP contribution in [0.1, 0.15) is 16.7 Å². The molecule has 1 amide bonds. The maximum absolute atomic E-state index is 13.6. The Kier molecular flexibility index (Phi) is 5.91. The van der Waals surface area contributed by atoms with Crippen molar-refractivity contribution >= 4 is 54.0 Å². The standard InChI is InChI=1S/C27H23BrN2O3S/c1-18-5-14-23(15-6-18)34(32,33)30(22-12-10-21(28)11-13-22)17-26(31)29-25-16-9-20-8-7-19-3-2-4-24(25)27(19)20/h2-6,9-16H,7-8,17H2,1H3,(H,29,31). The van der Waals surface area contributed by atoms with Gasteiger partial charge in [0, 0.05) is 15.5 Å². The number of carbonyl (C=O) groups excluding carboxylic acids is 1. The Bertz CT molecular complexity index is 1490. The molecule has 0 bridgehead atoms. The number of nitrogens with one attached hydrogen (secondary N) is 1. The zero-order chi connectivity index (χ0) is 23.9. The number of anilines is 2. The highest BCUT2D eigenvalue weighted by Gasteiger charge is 2.27. The van der Waals surface area contributed by atoms with E-state index in [9.17, 15) is 13.2 Å². The maximum Gasteiger partial charge on any atom is 0.264 e. The molecule has 5 rings (SSSR count). The fourth-order valence-corrected chi connectivity index (χ4v) is 6.12. The quantitative estimate of drug-likeness (QED) is 0.337. The summed E-state index contributed by atoms with van der Waals surface area (Å²) in [5.41, 5.74) is 4.62. The molecule has 0 aliphatic heterocycles. The lowest BCUT2D eigenvalue weighted by Crippen LogP contribution is -2.38. The van der Waals surface area contributed by atoms with Crippen LogP contribution in [0.15, 0.2) is 88.2 Å². The number of sulfonamides is 1. The van der Waals surface area contributed by atoms with Gasteiger partial charge in [-0.25, -0.2) is 8.42 Å². The number of aryl methyl sites for hydroxylation is 3. The lowest BCUT2D eigenvalue weighted by Gasteiger charge is -2.24. The summed E-state index contributed by atoms with van der Waals surface area (Å²) < 4.78 is 29.1. The highest BCUT2D eigenvalue weighted by molar-refractivity contribution is 9.10. The molecule has 0 aromatic heterocycles. The summed E-state index contributed by atoms with van der Waals surface area (Å²) in [5, 5.41) is 5.13. The van der Waals surface area contributed by atoms with E-state index in [-0.39, 0.29) is 11.4 Å². The van der Waals surface area contributed by atoms with Gasteiger partial charge in [0.2, 0.25) is 5.91 Å². The first kappa shape index (κ1) is 22.6. The van der Waals surface area contributed by atoms with Gasteiger partial charge in [0.1, 0.15) is 6.54 Å². The first-order valence-corrected chi connectivity index (χ1v) is 13.2. The molecule has 172 valence electrons. The number of benzene rings is 4. The molecular weight excluding hydrogens is 512 g/mol. The lowest BCUT2D eigenvalue weighted by molar-refractivity contribution is -0.114. The van der Waals surface area contributed by atoms with E-state index in [0.29, 0.717) is 11.4 Å². The zero-order valence-electron chi connectivity index (χ0n) is 18.6. The number of hydrogen-bond donors (Lipinski definition) is 1. The molecule has 1 aliphatic carbocycles. The molecule has 1 aliphatic rings. The molecule has 1 N–H and O–H groups in total. The van der Waals surface area contributed by atoms with Crippen LogP contribution in [0, 0.1) is 6.92 Å². The van der Waals surface area contributed by atoms with Crippen LogP contribution in [0.3, 0.4) is 0 Å². The van der Waals surface area contributed by atoms with Crippen LogP contribution in [-0.4, -0.2) is 20.9 Å². The van der Waals surface area contributed by atoms with E-state index < -0.39 is 15.9 Å². The van der Waals surface area contributed by atoms with Crippen molar-refractivity contribution in [1.29, 1.82) is 0 Å². The van der Waals surface area contributed by atoms with Crippen molar-refractivity contribution in [2.75, 3.05) is 16.2 Å². The predicted molar refractivity (Wildman–Crippen MR) is 140 cm³/mol. The van der Waals surface area contributed by atoms with Gasteiger partial charge in [-0.2, -0.15) is 0 Å². The third-order valence-electron chi connectivity index (χ3n) is 6.16. The van der Waals surface area contributed by atoms with Crippen LogP contribution in [0.2, 0.25) is 0 Å². The van der Waals surface area contributed by atoms with E-state index in [2.05, 4.69) is 27.3 Å². The van der Waals surface area contributed by atoms with Crippen molar-refractivity contribution in [1.82, 2.24) is 0 Å². The minimum Gasteiger partial charge on any atom is -0.324 e. The number of carbonyl (C=O) groups is 1. The molecule has 4 aromatic rings. The normalized spacial score (nSPS) is 12.6. The van der Waals surface area contributed by atoms with Crippen molar-refractivity contribution in [3.8, 4) is 0 Å². The van der Waals surface area contributed by atoms with Gasteiger partial charge in [0.25, 0.3) is 10.0 Å². The molecule has 0 spiro atoms. The highest BCUT2D eigenvalue weighted by atomic mass is 79.9. The fourth-order valence-electron chi connectivity index (χ4n) is 4.44. The van der Waals surface area contributed by atoms with Crippen molar-refractivity contribution in [3.63, 3.8) is 0 Å². The maximum atomic E-state index is 13.6. The van der Waals surface area contributed by atoms with Crippen LogP contribution in [0.25, 0.3) is 10.8 Å². The smallest absolute Gasteiger partial charge is 0.264 e. The summed E-state index contributed by atoms with van der Waals surface area (Å²) in [6, 6.07) is 23.6. The first-order chi connectivity index (χ1) is 16.3. The second-order valence-corrected chi connectivity index (χ2v) is 11.2. The molecule has 4 aromatic carbocycles. The van der Waals surface area contributed by atoms with Gasteiger partial charge in [-0.3, -0.25) is 9.10 Å². The third kappa shape index (κ3) is 4.21. The Morgan fingerprint density at radius 2 is 1.59 bits per heavy atom. The Labute approximate surface area is 207 Å². The predicted octanol–water partition coefficient (Wildman–Crippen LogP) is 5.84. The Balaban J connectivity index is 1.48. The molecule has 7 heteroatoms. The molecular formula is C27H23BrN2O3S. The van der Waals surface area contributed by atoms with Crippen LogP contribution >= 0.6 is 15.9 Å². The summed E-state index contributed by atoms with van der Waals surface area (Å²) in [5.74, 6) is -0.405. The number of amides is 1. The van der Waals surface area contributed by atoms with Gasteiger partial charge in [0.15, 0.2) is 0 Å². The average molecular weight is 535 g/mol. The highest BCUT2D eigenvalue weighted by Crippen LogP contribution is 2.35. The molecule has 0 heterocycles. The van der Waals surface area contributed by atoms with Crippen molar-refractivity contribution < 1.29 is 13.2 Å². The molecule has 34 heavy (non-hydrogen) atoms. The van der Waals surface area contributed by atoms with Crippen LogP contribution in [0.4, 0.5) is 11.4 Å². The molecule has 5 nitrogen and oxygen atoms in total. The Morgan fingerprint density at radius 1 is 0.912 bits per heavy atom. The number of halogens is 1. The van der Waals surface area contributed by atoms with Crippen LogP contribution < -0.4 is 9.62 Å². The van der Waals surface area contributed by atoms with Gasteiger partial charge in [-0.1, -0.05) is 57.9 Å². The molecule has 0 radical (unpaired) electrons. The van der Waals surface area contributed by atoms with Crippen molar-refractivity contribution in [2.45, 2.75) is 24.7 Å². The summed E-state index contributed by atoms with van der Waals surface area (Å²) in [6.07, 6.45) is 1.99. The second kappa shape index (κ2) is 8.89. The SMILES string of the molecule is Cc1ccc(S(=O)(=O)N(CC(=O)Nc2ccc3c4c(cccc24)CC3)c2ccc(Br)cc2)cc1. The van der Waals surface area contributed by atoms with Crippen molar-refractivity contribution in [3.05, 3.63) is 100 Å². The Morgan fingerprint density at radius 3 is 2.29 bits per heavy atom. The van der Waals surface area contributed by atoms with Gasteiger partial charge in [-0.15, -0.1) is 0 Å². The zero-order valence-corrected chi connectivity index (χ0v) is 21.0. The first-order valence-electron chi connectivity index (χ1n) is 11.0. The molecule has 0 fully saturated rings. The second-order valence-electron chi connectivity index (χ2n) is 8.46. The third-order valence-corrected chi connectivity index (χ3v) is 8.48. The summed E-state index contributed by atoms with van der Waals surface area (Å²) in [7, 11) is -3.96. The van der Waals surface area contributed by atoms with E-state index in [1.54, 1.807) is 48.5 Å². The van der Waals surface area contributed by atoms with Gasteiger partial charge < -0.3 is 5.32 Å². The lowest BCUT2D eigenvalue weighted by atomic mass is 10.0. The topological polar surface area (TPSA) is 66.5 Å². The molecule has 0 saturated heterocycles. The van der Waals surface area contributed by atoms with E-state index in [0.717, 1.165) is 32.6 Å². The van der Waals surface area contributed by atoms with E-state index in [1.165, 1.54) is 16.5 Å². The van der Waals surface area contributed by atoms with E-state index in [1.807, 2.05) is 31.2 Å².